The molecule has 0 unspecified atom stereocenters. The van der Waals surface area contributed by atoms with E-state index in [2.05, 4.69) is 34.6 Å². The van der Waals surface area contributed by atoms with Crippen molar-refractivity contribution in [3.05, 3.63) is 0 Å². The van der Waals surface area contributed by atoms with Crippen molar-refractivity contribution >= 4 is 17.9 Å². The smallest absolute Gasteiger partial charge is 0.306 e. The maximum absolute atomic E-state index is 12.7. The Morgan fingerprint density at radius 2 is 0.589 bits per heavy atom. The minimum Gasteiger partial charge on any atom is -0.462 e. The first kappa shape index (κ1) is 54.4. The summed E-state index contributed by atoms with van der Waals surface area (Å²) in [4.78, 5) is 37.8. The summed E-state index contributed by atoms with van der Waals surface area (Å²) < 4.78 is 16.8. The highest BCUT2D eigenvalue weighted by Gasteiger charge is 2.19. The maximum atomic E-state index is 12.7. The second kappa shape index (κ2) is 43.0. The molecule has 0 aliphatic carbocycles. The van der Waals surface area contributed by atoms with E-state index >= 15 is 0 Å². The lowest BCUT2D eigenvalue weighted by molar-refractivity contribution is -0.167. The normalized spacial score (nSPS) is 12.1. The van der Waals surface area contributed by atoms with E-state index in [1.807, 2.05) is 0 Å². The summed E-state index contributed by atoms with van der Waals surface area (Å²) in [6.45, 7) is 11.3. The van der Waals surface area contributed by atoms with Crippen LogP contribution >= 0.6 is 0 Å². The molecular weight excluding hydrogens is 697 g/mol. The number of unbranched alkanes of at least 4 members (excludes halogenated alkanes) is 29. The molecule has 0 radical (unpaired) electrons. The van der Waals surface area contributed by atoms with E-state index < -0.39 is 6.10 Å². The number of ether oxygens (including phenoxy) is 3. The van der Waals surface area contributed by atoms with Gasteiger partial charge in [0.05, 0.1) is 0 Å². The highest BCUT2D eigenvalue weighted by molar-refractivity contribution is 5.71. The van der Waals surface area contributed by atoms with Gasteiger partial charge in [-0.1, -0.05) is 234 Å². The molecule has 56 heavy (non-hydrogen) atoms. The van der Waals surface area contributed by atoms with Crippen molar-refractivity contribution in [3.8, 4) is 0 Å². The lowest BCUT2D eigenvalue weighted by Gasteiger charge is -2.18. The molecule has 0 heterocycles. The van der Waals surface area contributed by atoms with Gasteiger partial charge in [-0.2, -0.15) is 0 Å². The van der Waals surface area contributed by atoms with Crippen LogP contribution in [0.2, 0.25) is 0 Å². The Hall–Kier alpha value is -1.59. The quantitative estimate of drug-likeness (QED) is 0.0347. The van der Waals surface area contributed by atoms with E-state index in [9.17, 15) is 14.4 Å². The predicted molar refractivity (Wildman–Crippen MR) is 238 cm³/mol. The molecule has 0 aromatic carbocycles. The second-order valence-corrected chi connectivity index (χ2v) is 18.1. The molecule has 0 spiro atoms. The molecule has 332 valence electrons. The van der Waals surface area contributed by atoms with Crippen molar-refractivity contribution in [1.82, 2.24) is 0 Å². The van der Waals surface area contributed by atoms with E-state index in [1.54, 1.807) is 0 Å². The van der Waals surface area contributed by atoms with Crippen molar-refractivity contribution in [2.24, 2.45) is 11.8 Å². The van der Waals surface area contributed by atoms with Crippen LogP contribution in [0, 0.1) is 11.8 Å². The summed E-state index contributed by atoms with van der Waals surface area (Å²) >= 11 is 0. The average Bonchev–Trinajstić information content (AvgIpc) is 3.16. The van der Waals surface area contributed by atoms with Gasteiger partial charge in [-0.25, -0.2) is 0 Å². The summed E-state index contributed by atoms with van der Waals surface area (Å²) in [5.41, 5.74) is 0. The molecular formula is C50H96O6. The summed E-state index contributed by atoms with van der Waals surface area (Å²) in [7, 11) is 0. The Bertz CT molecular complexity index is 854. The molecule has 0 fully saturated rings. The van der Waals surface area contributed by atoms with Crippen LogP contribution in [0.1, 0.15) is 272 Å². The van der Waals surface area contributed by atoms with Gasteiger partial charge in [0.25, 0.3) is 0 Å². The summed E-state index contributed by atoms with van der Waals surface area (Å²) in [6, 6.07) is 0. The van der Waals surface area contributed by atoms with Gasteiger partial charge in [0.1, 0.15) is 13.2 Å². The minimum atomic E-state index is -0.761. The van der Waals surface area contributed by atoms with Crippen LogP contribution in [0.3, 0.4) is 0 Å². The molecule has 6 nitrogen and oxygen atoms in total. The van der Waals surface area contributed by atoms with Crippen molar-refractivity contribution in [3.63, 3.8) is 0 Å². The zero-order valence-corrected chi connectivity index (χ0v) is 38.3. The molecule has 0 amide bonds. The van der Waals surface area contributed by atoms with Crippen LogP contribution in [0.4, 0.5) is 0 Å². The van der Waals surface area contributed by atoms with Crippen molar-refractivity contribution in [2.45, 2.75) is 278 Å². The van der Waals surface area contributed by atoms with Crippen molar-refractivity contribution < 1.29 is 28.6 Å². The van der Waals surface area contributed by atoms with Gasteiger partial charge in [0.15, 0.2) is 6.10 Å². The first-order valence-corrected chi connectivity index (χ1v) is 24.7. The monoisotopic (exact) mass is 793 g/mol. The summed E-state index contributed by atoms with van der Waals surface area (Å²) in [5, 5.41) is 0. The fourth-order valence-corrected chi connectivity index (χ4v) is 7.46. The highest BCUT2D eigenvalue weighted by Crippen LogP contribution is 2.17. The van der Waals surface area contributed by atoms with E-state index in [0.29, 0.717) is 19.3 Å². The van der Waals surface area contributed by atoms with E-state index in [4.69, 9.17) is 14.2 Å². The average molecular weight is 793 g/mol. The number of esters is 3. The Labute approximate surface area is 348 Å². The largest absolute Gasteiger partial charge is 0.462 e. The zero-order valence-electron chi connectivity index (χ0n) is 38.3. The van der Waals surface area contributed by atoms with Gasteiger partial charge in [0.2, 0.25) is 0 Å². The Morgan fingerprint density at radius 3 is 0.875 bits per heavy atom. The van der Waals surface area contributed by atoms with Crippen molar-refractivity contribution in [1.29, 1.82) is 0 Å². The lowest BCUT2D eigenvalue weighted by atomic mass is 10.0. The zero-order chi connectivity index (χ0) is 41.2. The van der Waals surface area contributed by atoms with Gasteiger partial charge in [-0.3, -0.25) is 14.4 Å². The number of carbonyl (C=O) groups is 3. The van der Waals surface area contributed by atoms with Gasteiger partial charge < -0.3 is 14.2 Å². The fourth-order valence-electron chi connectivity index (χ4n) is 7.46. The maximum Gasteiger partial charge on any atom is 0.306 e. The van der Waals surface area contributed by atoms with E-state index in [-0.39, 0.29) is 31.1 Å². The predicted octanol–water partition coefficient (Wildman–Crippen LogP) is 15.8. The minimum absolute atomic E-state index is 0.0648. The lowest BCUT2D eigenvalue weighted by Crippen LogP contribution is -2.30. The summed E-state index contributed by atoms with van der Waals surface area (Å²) in [6.07, 6.45) is 42.4. The third-order valence-corrected chi connectivity index (χ3v) is 11.2. The molecule has 0 bridgehead atoms. The summed E-state index contributed by atoms with van der Waals surface area (Å²) in [5.74, 6) is 0.734. The Balaban J connectivity index is 4.29. The molecule has 0 saturated carbocycles. The van der Waals surface area contributed by atoms with Crippen LogP contribution in [0.15, 0.2) is 0 Å². The first-order valence-electron chi connectivity index (χ1n) is 24.7. The number of hydrogen-bond donors (Lipinski definition) is 0. The van der Waals surface area contributed by atoms with Gasteiger partial charge >= 0.3 is 17.9 Å². The molecule has 0 aromatic heterocycles. The van der Waals surface area contributed by atoms with Crippen LogP contribution in [-0.2, 0) is 28.6 Å². The van der Waals surface area contributed by atoms with Gasteiger partial charge in [-0.15, -0.1) is 0 Å². The molecule has 0 saturated heterocycles. The topological polar surface area (TPSA) is 78.9 Å². The van der Waals surface area contributed by atoms with Crippen LogP contribution in [-0.4, -0.2) is 37.2 Å². The molecule has 0 rings (SSSR count). The molecule has 0 aliphatic rings. The van der Waals surface area contributed by atoms with Crippen LogP contribution in [0.25, 0.3) is 0 Å². The van der Waals surface area contributed by atoms with E-state index in [1.165, 1.54) is 161 Å². The van der Waals surface area contributed by atoms with Gasteiger partial charge in [0, 0.05) is 19.3 Å². The Kier molecular flexibility index (Phi) is 41.8. The molecule has 1 atom stereocenters. The van der Waals surface area contributed by atoms with Gasteiger partial charge in [-0.05, 0) is 31.1 Å². The third-order valence-electron chi connectivity index (χ3n) is 11.2. The SMILES string of the molecule is CCCCCCCCCCCCCCCCCCC(=O)OC[C@H](COC(=O)CCCCCCCCCCC(C)C)OC(=O)CCCCCCCCCCC(C)C. The standard InChI is InChI=1S/C50H96O6/c1-6-7-8-9-10-11-12-13-14-15-16-17-18-25-30-35-40-48(51)54-43-47(56-50(53)42-37-32-27-22-20-24-29-34-39-46(4)5)44-55-49(52)41-36-31-26-21-19-23-28-33-38-45(2)3/h45-47H,6-44H2,1-5H3/t47-/m1/s1. The fraction of sp³-hybridized carbons (Fsp3) is 0.940. The number of rotatable bonds is 44. The van der Waals surface area contributed by atoms with E-state index in [0.717, 1.165) is 69.6 Å². The molecule has 6 heteroatoms. The highest BCUT2D eigenvalue weighted by atomic mass is 16.6. The van der Waals surface area contributed by atoms with Crippen LogP contribution in [0.5, 0.6) is 0 Å². The number of carbonyl (C=O) groups excluding carboxylic acids is 3. The van der Waals surface area contributed by atoms with Crippen molar-refractivity contribution in [2.75, 3.05) is 13.2 Å². The molecule has 0 N–H and O–H groups in total. The Morgan fingerprint density at radius 1 is 0.339 bits per heavy atom. The third kappa shape index (κ3) is 43.5. The second-order valence-electron chi connectivity index (χ2n) is 18.1. The molecule has 0 aromatic rings. The van der Waals surface area contributed by atoms with Crippen LogP contribution < -0.4 is 0 Å². The number of hydrogen-bond acceptors (Lipinski definition) is 6. The molecule has 0 aliphatic heterocycles. The first-order chi connectivity index (χ1) is 27.2.